The van der Waals surface area contributed by atoms with Crippen molar-refractivity contribution < 1.29 is 4.79 Å². The Balaban J connectivity index is 1.77. The third kappa shape index (κ3) is 3.48. The number of imidazole rings is 1. The average molecular weight is 358 g/mol. The predicted molar refractivity (Wildman–Crippen MR) is 102 cm³/mol. The van der Waals surface area contributed by atoms with Crippen molar-refractivity contribution >= 4 is 5.91 Å². The molecule has 2 N–H and O–H groups in total. The highest BCUT2D eigenvalue weighted by Crippen LogP contribution is 2.31. The molecule has 134 valence electrons. The summed E-state index contributed by atoms with van der Waals surface area (Å²) in [5, 5.41) is 4.15. The highest BCUT2D eigenvalue weighted by atomic mass is 16.1. The Bertz CT molecular complexity index is 1040. The normalized spacial score (nSPS) is 10.8. The Morgan fingerprint density at radius 2 is 1.74 bits per heavy atom. The number of carbonyl (C=O) groups is 1. The standard InChI is InChI=1S/C20H18N6O/c21-18(27)10-11-25-14-23-19(15-4-2-1-3-5-15)20(25)16-6-8-17(9-7-16)26-13-22-12-24-26/h1-9,12-14H,10-11H2,(H2,21,27). The van der Waals surface area contributed by atoms with E-state index in [0.29, 0.717) is 6.54 Å². The van der Waals surface area contributed by atoms with Gasteiger partial charge in [-0.1, -0.05) is 42.5 Å². The Labute approximate surface area is 156 Å². The maximum atomic E-state index is 11.2. The van der Waals surface area contributed by atoms with Gasteiger partial charge in [0.1, 0.15) is 12.7 Å². The Hall–Kier alpha value is -3.74. The second-order valence-corrected chi connectivity index (χ2v) is 6.10. The van der Waals surface area contributed by atoms with Gasteiger partial charge < -0.3 is 10.3 Å². The minimum atomic E-state index is -0.336. The summed E-state index contributed by atoms with van der Waals surface area (Å²) < 4.78 is 3.67. The van der Waals surface area contributed by atoms with Crippen LogP contribution in [-0.4, -0.2) is 30.2 Å². The quantitative estimate of drug-likeness (QED) is 0.573. The largest absolute Gasteiger partial charge is 0.370 e. The number of carbonyl (C=O) groups excluding carboxylic acids is 1. The number of hydrogen-bond acceptors (Lipinski definition) is 4. The van der Waals surface area contributed by atoms with Crippen molar-refractivity contribution in [2.75, 3.05) is 0 Å². The number of nitrogens with two attached hydrogens (primary N) is 1. The molecule has 4 rings (SSSR count). The first-order valence-electron chi connectivity index (χ1n) is 8.56. The lowest BCUT2D eigenvalue weighted by Crippen LogP contribution is -2.14. The molecule has 7 nitrogen and oxygen atoms in total. The van der Waals surface area contributed by atoms with Crippen LogP contribution in [0, 0.1) is 0 Å². The number of primary amides is 1. The highest BCUT2D eigenvalue weighted by Gasteiger charge is 2.15. The summed E-state index contributed by atoms with van der Waals surface area (Å²) in [6.45, 7) is 0.481. The monoisotopic (exact) mass is 358 g/mol. The van der Waals surface area contributed by atoms with Gasteiger partial charge in [-0.05, 0) is 12.1 Å². The van der Waals surface area contributed by atoms with Crippen LogP contribution in [0.5, 0.6) is 0 Å². The Kier molecular flexibility index (Phi) is 4.49. The summed E-state index contributed by atoms with van der Waals surface area (Å²) in [5.74, 6) is -0.336. The molecular weight excluding hydrogens is 340 g/mol. The third-order valence-electron chi connectivity index (χ3n) is 4.31. The van der Waals surface area contributed by atoms with Crippen LogP contribution < -0.4 is 5.73 Å². The number of hydrogen-bond donors (Lipinski definition) is 1. The summed E-state index contributed by atoms with van der Waals surface area (Å²) in [6.07, 6.45) is 5.17. The molecule has 0 unspecified atom stereocenters. The Morgan fingerprint density at radius 1 is 0.963 bits per heavy atom. The van der Waals surface area contributed by atoms with Crippen molar-refractivity contribution in [1.29, 1.82) is 0 Å². The van der Waals surface area contributed by atoms with Crippen molar-refractivity contribution in [3.05, 3.63) is 73.6 Å². The van der Waals surface area contributed by atoms with Crippen LogP contribution in [-0.2, 0) is 11.3 Å². The van der Waals surface area contributed by atoms with Gasteiger partial charge in [-0.15, -0.1) is 0 Å². The van der Waals surface area contributed by atoms with Gasteiger partial charge in [0, 0.05) is 24.1 Å². The second kappa shape index (κ2) is 7.25. The molecule has 0 fully saturated rings. The molecule has 0 radical (unpaired) electrons. The zero-order valence-corrected chi connectivity index (χ0v) is 14.6. The minimum Gasteiger partial charge on any atom is -0.370 e. The zero-order valence-electron chi connectivity index (χ0n) is 14.6. The van der Waals surface area contributed by atoms with Crippen molar-refractivity contribution in [2.45, 2.75) is 13.0 Å². The number of aryl methyl sites for hydroxylation is 1. The summed E-state index contributed by atoms with van der Waals surface area (Å²) in [4.78, 5) is 19.8. The summed E-state index contributed by atoms with van der Waals surface area (Å²) in [5.41, 5.74) is 10.1. The van der Waals surface area contributed by atoms with Crippen molar-refractivity contribution in [2.24, 2.45) is 5.73 Å². The predicted octanol–water partition coefficient (Wildman–Crippen LogP) is 2.67. The van der Waals surface area contributed by atoms with Crippen molar-refractivity contribution in [3.63, 3.8) is 0 Å². The second-order valence-electron chi connectivity index (χ2n) is 6.10. The first kappa shape index (κ1) is 16.7. The molecule has 0 saturated heterocycles. The summed E-state index contributed by atoms with van der Waals surface area (Å²) in [7, 11) is 0. The molecular formula is C20H18N6O. The van der Waals surface area contributed by atoms with Gasteiger partial charge in [0.2, 0.25) is 5.91 Å². The van der Waals surface area contributed by atoms with Gasteiger partial charge >= 0.3 is 0 Å². The highest BCUT2D eigenvalue weighted by molar-refractivity contribution is 5.79. The topological polar surface area (TPSA) is 91.6 Å². The van der Waals surface area contributed by atoms with E-state index in [0.717, 1.165) is 28.2 Å². The smallest absolute Gasteiger partial charge is 0.219 e. The van der Waals surface area contributed by atoms with Gasteiger partial charge in [-0.3, -0.25) is 4.79 Å². The van der Waals surface area contributed by atoms with Gasteiger partial charge in [-0.25, -0.2) is 14.6 Å². The van der Waals surface area contributed by atoms with E-state index in [4.69, 9.17) is 5.73 Å². The van der Waals surface area contributed by atoms with E-state index in [9.17, 15) is 4.79 Å². The van der Waals surface area contributed by atoms with Crippen LogP contribution in [0.2, 0.25) is 0 Å². The van der Waals surface area contributed by atoms with Crippen LogP contribution in [0.4, 0.5) is 0 Å². The number of amides is 1. The molecule has 2 aromatic carbocycles. The van der Waals surface area contributed by atoms with Gasteiger partial charge in [0.05, 0.1) is 23.4 Å². The van der Waals surface area contributed by atoms with Crippen LogP contribution in [0.15, 0.2) is 73.6 Å². The fourth-order valence-electron chi connectivity index (χ4n) is 3.01. The molecule has 1 amide bonds. The molecule has 7 heteroatoms. The molecule has 0 aliphatic rings. The molecule has 0 atom stereocenters. The Morgan fingerprint density at radius 3 is 2.41 bits per heavy atom. The van der Waals surface area contributed by atoms with Crippen LogP contribution in [0.25, 0.3) is 28.2 Å². The van der Waals surface area contributed by atoms with E-state index in [-0.39, 0.29) is 12.3 Å². The molecule has 0 aliphatic carbocycles. The van der Waals surface area contributed by atoms with Crippen molar-refractivity contribution in [1.82, 2.24) is 24.3 Å². The van der Waals surface area contributed by atoms with E-state index in [1.165, 1.54) is 6.33 Å². The molecule has 0 saturated carbocycles. The SMILES string of the molecule is NC(=O)CCn1cnc(-c2ccccc2)c1-c1ccc(-n2cncn2)cc1. The number of benzene rings is 2. The van der Waals surface area contributed by atoms with E-state index in [2.05, 4.69) is 15.1 Å². The van der Waals surface area contributed by atoms with E-state index in [1.807, 2.05) is 59.2 Å². The fourth-order valence-corrected chi connectivity index (χ4v) is 3.01. The van der Waals surface area contributed by atoms with Gasteiger partial charge in [-0.2, -0.15) is 5.10 Å². The van der Waals surface area contributed by atoms with Gasteiger partial charge in [0.25, 0.3) is 0 Å². The molecule has 0 spiro atoms. The zero-order chi connectivity index (χ0) is 18.6. The van der Waals surface area contributed by atoms with Crippen molar-refractivity contribution in [3.8, 4) is 28.2 Å². The first-order chi connectivity index (χ1) is 13.2. The average Bonchev–Trinajstić information content (AvgIpc) is 3.37. The molecule has 2 heterocycles. The first-order valence-corrected chi connectivity index (χ1v) is 8.56. The van der Waals surface area contributed by atoms with Gasteiger partial charge in [0.15, 0.2) is 0 Å². The third-order valence-corrected chi connectivity index (χ3v) is 4.31. The lowest BCUT2D eigenvalue weighted by atomic mass is 10.0. The molecule has 2 aromatic heterocycles. The summed E-state index contributed by atoms with van der Waals surface area (Å²) in [6, 6.07) is 18.0. The fraction of sp³-hybridized carbons (Fsp3) is 0.100. The van der Waals surface area contributed by atoms with E-state index in [1.54, 1.807) is 17.3 Å². The van der Waals surface area contributed by atoms with E-state index >= 15 is 0 Å². The molecule has 27 heavy (non-hydrogen) atoms. The van der Waals surface area contributed by atoms with Crippen LogP contribution >= 0.6 is 0 Å². The molecule has 0 bridgehead atoms. The molecule has 4 aromatic rings. The number of aromatic nitrogens is 5. The number of rotatable bonds is 6. The summed E-state index contributed by atoms with van der Waals surface area (Å²) >= 11 is 0. The van der Waals surface area contributed by atoms with E-state index < -0.39 is 0 Å². The van der Waals surface area contributed by atoms with Crippen LogP contribution in [0.1, 0.15) is 6.42 Å². The number of nitrogens with zero attached hydrogens (tertiary/aromatic N) is 5. The maximum absolute atomic E-state index is 11.2. The minimum absolute atomic E-state index is 0.259. The lowest BCUT2D eigenvalue weighted by Gasteiger charge is -2.11. The molecule has 0 aliphatic heterocycles. The van der Waals surface area contributed by atoms with Crippen LogP contribution in [0.3, 0.4) is 0 Å². The maximum Gasteiger partial charge on any atom is 0.219 e. The lowest BCUT2D eigenvalue weighted by molar-refractivity contribution is -0.118.